The second kappa shape index (κ2) is 13.4. The van der Waals surface area contributed by atoms with Crippen LogP contribution in [-0.4, -0.2) is 51.3 Å². The van der Waals surface area contributed by atoms with Crippen molar-refractivity contribution in [3.05, 3.63) is 63.0 Å². The Morgan fingerprint density at radius 2 is 1.67 bits per heavy atom. The normalized spacial score (nSPS) is 11.8. The van der Waals surface area contributed by atoms with E-state index in [1.807, 2.05) is 25.3 Å². The standard InChI is InChI=1S/C29H35NO8S/c1-16(2)20-14-21-19(13-26(31)38-23(21)10-17(20)3)15-37-29(33)22(8-9-39-7)30-28(32)18-11-24(34-4)27(36-6)25(12-18)35-5/h10-14,16,22H,8-9,15H2,1-7H3,(H,30,32)/t22-/m1/s1. The van der Waals surface area contributed by atoms with Crippen molar-refractivity contribution in [3.63, 3.8) is 0 Å². The molecule has 10 heteroatoms. The molecule has 0 aliphatic carbocycles. The lowest BCUT2D eigenvalue weighted by Crippen LogP contribution is -2.42. The molecule has 0 unspecified atom stereocenters. The summed E-state index contributed by atoms with van der Waals surface area (Å²) in [4.78, 5) is 38.5. The number of carbonyl (C=O) groups excluding carboxylic acids is 2. The summed E-state index contributed by atoms with van der Waals surface area (Å²) in [5.74, 6) is 0.752. The van der Waals surface area contributed by atoms with E-state index >= 15 is 0 Å². The van der Waals surface area contributed by atoms with Crippen molar-refractivity contribution in [1.29, 1.82) is 0 Å². The van der Waals surface area contributed by atoms with Crippen LogP contribution in [0.2, 0.25) is 0 Å². The molecule has 2 aromatic carbocycles. The highest BCUT2D eigenvalue weighted by Gasteiger charge is 2.25. The van der Waals surface area contributed by atoms with Gasteiger partial charge in [0.1, 0.15) is 18.2 Å². The average Bonchev–Trinajstić information content (AvgIpc) is 2.91. The van der Waals surface area contributed by atoms with Crippen LogP contribution in [0.1, 0.15) is 53.2 Å². The predicted octanol–water partition coefficient (Wildman–Crippen LogP) is 4.85. The van der Waals surface area contributed by atoms with Crippen molar-refractivity contribution in [2.45, 2.75) is 45.8 Å². The first-order valence-electron chi connectivity index (χ1n) is 12.5. The number of carbonyl (C=O) groups is 2. The summed E-state index contributed by atoms with van der Waals surface area (Å²) >= 11 is 1.54. The van der Waals surface area contributed by atoms with Crippen molar-refractivity contribution in [1.82, 2.24) is 5.32 Å². The van der Waals surface area contributed by atoms with Gasteiger partial charge in [-0.3, -0.25) is 4.79 Å². The summed E-state index contributed by atoms with van der Waals surface area (Å²) in [5.41, 5.74) is 2.80. The minimum Gasteiger partial charge on any atom is -0.493 e. The Kier molecular flexibility index (Phi) is 10.3. The number of nitrogens with one attached hydrogen (secondary N) is 1. The van der Waals surface area contributed by atoms with Crippen LogP contribution in [0.3, 0.4) is 0 Å². The molecule has 0 aliphatic rings. The Balaban J connectivity index is 1.85. The molecule has 1 aromatic heterocycles. The van der Waals surface area contributed by atoms with Crippen molar-refractivity contribution < 1.29 is 33.0 Å². The van der Waals surface area contributed by atoms with Crippen LogP contribution >= 0.6 is 11.8 Å². The van der Waals surface area contributed by atoms with Gasteiger partial charge in [-0.15, -0.1) is 0 Å². The molecular weight excluding hydrogens is 522 g/mol. The van der Waals surface area contributed by atoms with Gasteiger partial charge < -0.3 is 28.7 Å². The number of rotatable bonds is 12. The van der Waals surface area contributed by atoms with Crippen molar-refractivity contribution in [3.8, 4) is 17.2 Å². The Hall–Kier alpha value is -3.66. The van der Waals surface area contributed by atoms with Crippen LogP contribution in [-0.2, 0) is 16.1 Å². The minimum atomic E-state index is -0.913. The van der Waals surface area contributed by atoms with Crippen LogP contribution in [0, 0.1) is 6.92 Å². The molecule has 0 fully saturated rings. The summed E-state index contributed by atoms with van der Waals surface area (Å²) in [7, 11) is 4.38. The fraction of sp³-hybridized carbons (Fsp3) is 0.414. The molecule has 0 radical (unpaired) electrons. The number of hydrogen-bond donors (Lipinski definition) is 1. The van der Waals surface area contributed by atoms with Crippen LogP contribution in [0.5, 0.6) is 17.2 Å². The highest BCUT2D eigenvalue weighted by Crippen LogP contribution is 2.38. The Labute approximate surface area is 232 Å². The average molecular weight is 558 g/mol. The number of fused-ring (bicyclic) bond motifs is 1. The van der Waals surface area contributed by atoms with E-state index in [0.717, 1.165) is 11.1 Å². The van der Waals surface area contributed by atoms with Crippen molar-refractivity contribution in [2.24, 2.45) is 0 Å². The number of ether oxygens (including phenoxy) is 4. The maximum atomic E-state index is 13.2. The molecule has 0 saturated heterocycles. The van der Waals surface area contributed by atoms with E-state index in [-0.39, 0.29) is 18.1 Å². The fourth-order valence-electron chi connectivity index (χ4n) is 4.32. The molecule has 3 aromatic rings. The number of amides is 1. The lowest BCUT2D eigenvalue weighted by molar-refractivity contribution is -0.147. The molecule has 1 atom stereocenters. The second-order valence-corrected chi connectivity index (χ2v) is 10.3. The Bertz CT molecular complexity index is 1370. The lowest BCUT2D eigenvalue weighted by atomic mass is 9.95. The number of esters is 1. The number of methoxy groups -OCH3 is 3. The molecule has 9 nitrogen and oxygen atoms in total. The largest absolute Gasteiger partial charge is 0.493 e. The predicted molar refractivity (Wildman–Crippen MR) is 151 cm³/mol. The number of hydrogen-bond acceptors (Lipinski definition) is 9. The maximum Gasteiger partial charge on any atom is 0.336 e. The number of thioether (sulfide) groups is 1. The smallest absolute Gasteiger partial charge is 0.336 e. The number of benzene rings is 2. The van der Waals surface area contributed by atoms with E-state index in [0.29, 0.717) is 46.0 Å². The van der Waals surface area contributed by atoms with Gasteiger partial charge in [-0.05, 0) is 66.7 Å². The first-order valence-corrected chi connectivity index (χ1v) is 13.9. The first kappa shape index (κ1) is 29.9. The van der Waals surface area contributed by atoms with Gasteiger partial charge in [-0.1, -0.05) is 13.8 Å². The van der Waals surface area contributed by atoms with Gasteiger partial charge in [0, 0.05) is 22.6 Å². The van der Waals surface area contributed by atoms with Gasteiger partial charge in [-0.25, -0.2) is 9.59 Å². The third-order valence-corrected chi connectivity index (χ3v) is 6.98. The van der Waals surface area contributed by atoms with E-state index in [2.05, 4.69) is 19.2 Å². The van der Waals surface area contributed by atoms with Crippen molar-refractivity contribution in [2.75, 3.05) is 33.3 Å². The molecule has 210 valence electrons. The fourth-order valence-corrected chi connectivity index (χ4v) is 4.79. The Morgan fingerprint density at radius 3 is 2.23 bits per heavy atom. The van der Waals surface area contributed by atoms with Crippen LogP contribution in [0.25, 0.3) is 11.0 Å². The minimum absolute atomic E-state index is 0.142. The summed E-state index contributed by atoms with van der Waals surface area (Å²) < 4.78 is 27.0. The topological polar surface area (TPSA) is 113 Å². The summed E-state index contributed by atoms with van der Waals surface area (Å²) in [5, 5.41) is 3.47. The summed E-state index contributed by atoms with van der Waals surface area (Å²) in [6.07, 6.45) is 2.26. The molecule has 39 heavy (non-hydrogen) atoms. The summed E-state index contributed by atoms with van der Waals surface area (Å²) in [6, 6.07) is 7.24. The monoisotopic (exact) mass is 557 g/mol. The maximum absolute atomic E-state index is 13.2. The highest BCUT2D eigenvalue weighted by atomic mass is 32.2. The van der Waals surface area contributed by atoms with Gasteiger partial charge in [0.2, 0.25) is 5.75 Å². The zero-order chi connectivity index (χ0) is 28.7. The molecule has 0 spiro atoms. The Morgan fingerprint density at radius 1 is 1.00 bits per heavy atom. The quantitative estimate of drug-likeness (QED) is 0.247. The zero-order valence-electron chi connectivity index (χ0n) is 23.3. The molecule has 3 rings (SSSR count). The number of aryl methyl sites for hydroxylation is 1. The van der Waals surface area contributed by atoms with E-state index in [4.69, 9.17) is 23.4 Å². The van der Waals surface area contributed by atoms with Crippen LogP contribution in [0.15, 0.2) is 39.5 Å². The van der Waals surface area contributed by atoms with Gasteiger partial charge in [-0.2, -0.15) is 11.8 Å². The SMILES string of the molecule is COc1cc(C(=O)N[C@H](CCSC)C(=O)OCc2cc(=O)oc3cc(C)c(C(C)C)cc23)cc(OC)c1OC. The molecule has 1 heterocycles. The second-order valence-electron chi connectivity index (χ2n) is 9.28. The molecule has 1 N–H and O–H groups in total. The van der Waals surface area contributed by atoms with Gasteiger partial charge >= 0.3 is 11.6 Å². The first-order chi connectivity index (χ1) is 18.6. The van der Waals surface area contributed by atoms with E-state index in [1.54, 1.807) is 11.8 Å². The van der Waals surface area contributed by atoms with Crippen molar-refractivity contribution >= 4 is 34.6 Å². The third-order valence-electron chi connectivity index (χ3n) is 6.34. The highest BCUT2D eigenvalue weighted by molar-refractivity contribution is 7.98. The molecule has 0 bridgehead atoms. The van der Waals surface area contributed by atoms with Gasteiger partial charge in [0.15, 0.2) is 11.5 Å². The lowest BCUT2D eigenvalue weighted by Gasteiger charge is -2.19. The van der Waals surface area contributed by atoms with E-state index in [9.17, 15) is 14.4 Å². The van der Waals surface area contributed by atoms with Gasteiger partial charge in [0.05, 0.1) is 21.3 Å². The summed E-state index contributed by atoms with van der Waals surface area (Å²) in [6.45, 7) is 5.99. The zero-order valence-corrected chi connectivity index (χ0v) is 24.2. The van der Waals surface area contributed by atoms with E-state index < -0.39 is 23.5 Å². The van der Waals surface area contributed by atoms with Crippen LogP contribution in [0.4, 0.5) is 0 Å². The van der Waals surface area contributed by atoms with E-state index in [1.165, 1.54) is 39.5 Å². The molecule has 0 saturated carbocycles. The van der Waals surface area contributed by atoms with Crippen LogP contribution < -0.4 is 25.2 Å². The third kappa shape index (κ3) is 7.06. The van der Waals surface area contributed by atoms with Gasteiger partial charge in [0.25, 0.3) is 5.91 Å². The molecule has 1 amide bonds. The molecule has 0 aliphatic heterocycles. The molecular formula is C29H35NO8S.